The molecule has 0 aliphatic rings. The third kappa shape index (κ3) is 2.26. The van der Waals surface area contributed by atoms with E-state index in [0.717, 1.165) is 0 Å². The number of ether oxygens (including phenoxy) is 1. The van der Waals surface area contributed by atoms with Crippen molar-refractivity contribution in [3.05, 3.63) is 46.9 Å². The van der Waals surface area contributed by atoms with Crippen LogP contribution in [0, 0.1) is 0 Å². The summed E-state index contributed by atoms with van der Waals surface area (Å²) in [4.78, 5) is 20.1. The van der Waals surface area contributed by atoms with Crippen LogP contribution in [0.3, 0.4) is 0 Å². The summed E-state index contributed by atoms with van der Waals surface area (Å²) in [5.74, 6) is -0.189. The van der Waals surface area contributed by atoms with Crippen molar-refractivity contribution < 1.29 is 9.53 Å². The Bertz CT molecular complexity index is 602. The first kappa shape index (κ1) is 12.3. The molecule has 2 N–H and O–H groups in total. The van der Waals surface area contributed by atoms with Crippen LogP contribution in [0.25, 0.3) is 0 Å². The summed E-state index contributed by atoms with van der Waals surface area (Å²) in [6.07, 6.45) is 2.86. The van der Waals surface area contributed by atoms with Crippen LogP contribution in [0.4, 0.5) is 5.69 Å². The third-order valence-corrected chi connectivity index (χ3v) is 2.57. The minimum absolute atomic E-state index is 0.119. The van der Waals surface area contributed by atoms with Gasteiger partial charge in [-0.3, -0.25) is 4.79 Å². The molecule has 0 bridgehead atoms. The van der Waals surface area contributed by atoms with Crippen molar-refractivity contribution in [2.75, 3.05) is 12.8 Å². The molecule has 0 aliphatic heterocycles. The number of carbonyl (C=O) groups excluding carboxylic acids is 1. The third-order valence-electron chi connectivity index (χ3n) is 2.33. The second-order valence-corrected chi connectivity index (χ2v) is 3.91. The second-order valence-electron chi connectivity index (χ2n) is 3.47. The zero-order valence-corrected chi connectivity index (χ0v) is 10.3. The summed E-state index contributed by atoms with van der Waals surface area (Å²) in [5.41, 5.74) is 6.49. The zero-order chi connectivity index (χ0) is 13.1. The van der Waals surface area contributed by atoms with E-state index in [1.54, 1.807) is 12.1 Å². The predicted molar refractivity (Wildman–Crippen MR) is 67.9 cm³/mol. The van der Waals surface area contributed by atoms with Gasteiger partial charge in [-0.1, -0.05) is 11.6 Å². The first-order chi connectivity index (χ1) is 8.63. The average molecular weight is 264 g/mol. The van der Waals surface area contributed by atoms with Gasteiger partial charge in [-0.05, 0) is 18.2 Å². The normalized spacial score (nSPS) is 10.1. The van der Waals surface area contributed by atoms with Gasteiger partial charge in [0, 0.05) is 28.7 Å². The number of anilines is 1. The van der Waals surface area contributed by atoms with E-state index in [1.807, 2.05) is 0 Å². The zero-order valence-electron chi connectivity index (χ0n) is 9.55. The van der Waals surface area contributed by atoms with E-state index < -0.39 is 0 Å². The summed E-state index contributed by atoms with van der Waals surface area (Å²) in [6.45, 7) is 0. The number of nitrogens with zero attached hydrogens (tertiary/aromatic N) is 2. The van der Waals surface area contributed by atoms with Gasteiger partial charge < -0.3 is 10.5 Å². The fraction of sp³-hybridized carbons (Fsp3) is 0.0833. The number of ketones is 1. The van der Waals surface area contributed by atoms with Gasteiger partial charge >= 0.3 is 0 Å². The smallest absolute Gasteiger partial charge is 0.243 e. The van der Waals surface area contributed by atoms with E-state index in [2.05, 4.69) is 9.97 Å². The molecule has 5 nitrogen and oxygen atoms in total. The number of carbonyl (C=O) groups is 1. The van der Waals surface area contributed by atoms with Crippen LogP contribution >= 0.6 is 11.6 Å². The van der Waals surface area contributed by atoms with Crippen molar-refractivity contribution in [1.82, 2.24) is 9.97 Å². The molecule has 0 radical (unpaired) electrons. The van der Waals surface area contributed by atoms with Crippen molar-refractivity contribution >= 4 is 23.1 Å². The molecule has 92 valence electrons. The molecule has 1 aromatic heterocycles. The number of methoxy groups -OCH3 is 1. The SMILES string of the molecule is COc1nccnc1C(=O)c1ccc(Cl)cc1N. The molecule has 2 aromatic rings. The lowest BCUT2D eigenvalue weighted by Gasteiger charge is -2.07. The van der Waals surface area contributed by atoms with Crippen LogP contribution in [0.15, 0.2) is 30.6 Å². The number of hydrogen-bond donors (Lipinski definition) is 1. The van der Waals surface area contributed by atoms with Gasteiger partial charge in [0.2, 0.25) is 11.7 Å². The van der Waals surface area contributed by atoms with Crippen LogP contribution < -0.4 is 10.5 Å². The topological polar surface area (TPSA) is 78.1 Å². The fourth-order valence-electron chi connectivity index (χ4n) is 1.50. The average Bonchev–Trinajstić information content (AvgIpc) is 2.38. The van der Waals surface area contributed by atoms with Crippen molar-refractivity contribution in [3.8, 4) is 5.88 Å². The molecule has 1 aromatic carbocycles. The lowest BCUT2D eigenvalue weighted by Crippen LogP contribution is -2.10. The van der Waals surface area contributed by atoms with E-state index in [9.17, 15) is 4.79 Å². The van der Waals surface area contributed by atoms with Crippen LogP contribution in [-0.4, -0.2) is 22.9 Å². The minimum atomic E-state index is -0.353. The van der Waals surface area contributed by atoms with Gasteiger partial charge in [-0.25, -0.2) is 9.97 Å². The number of benzene rings is 1. The monoisotopic (exact) mass is 263 g/mol. The van der Waals surface area contributed by atoms with Crippen molar-refractivity contribution in [2.45, 2.75) is 0 Å². The fourth-order valence-corrected chi connectivity index (χ4v) is 1.68. The highest BCUT2D eigenvalue weighted by Gasteiger charge is 2.19. The Kier molecular flexibility index (Phi) is 3.43. The van der Waals surface area contributed by atoms with Gasteiger partial charge in [-0.15, -0.1) is 0 Å². The van der Waals surface area contributed by atoms with Crippen molar-refractivity contribution in [3.63, 3.8) is 0 Å². The largest absolute Gasteiger partial charge is 0.479 e. The lowest BCUT2D eigenvalue weighted by atomic mass is 10.1. The van der Waals surface area contributed by atoms with E-state index in [0.29, 0.717) is 16.3 Å². The molecule has 2 rings (SSSR count). The standard InChI is InChI=1S/C12H10ClN3O2/c1-18-12-10(15-4-5-16-12)11(17)8-3-2-7(13)6-9(8)14/h2-6H,14H2,1H3. The number of hydrogen-bond acceptors (Lipinski definition) is 5. The summed E-state index contributed by atoms with van der Waals surface area (Å²) < 4.78 is 4.99. The number of halogens is 1. The Morgan fingerprint density at radius 3 is 2.72 bits per heavy atom. The molecule has 0 spiro atoms. The second kappa shape index (κ2) is 5.01. The molecule has 0 unspecified atom stereocenters. The number of nitrogens with two attached hydrogens (primary N) is 1. The summed E-state index contributed by atoms with van der Waals surface area (Å²) in [5, 5.41) is 0.468. The highest BCUT2D eigenvalue weighted by molar-refractivity contribution is 6.31. The molecule has 0 saturated carbocycles. The number of aromatic nitrogens is 2. The van der Waals surface area contributed by atoms with E-state index >= 15 is 0 Å². The molecule has 0 atom stereocenters. The number of rotatable bonds is 3. The molecule has 1 heterocycles. The van der Waals surface area contributed by atoms with Crippen molar-refractivity contribution in [2.24, 2.45) is 0 Å². The van der Waals surface area contributed by atoms with Crippen LogP contribution in [0.1, 0.15) is 16.1 Å². The van der Waals surface area contributed by atoms with Gasteiger partial charge in [0.1, 0.15) is 0 Å². The first-order valence-corrected chi connectivity index (χ1v) is 5.46. The molecule has 6 heteroatoms. The summed E-state index contributed by atoms with van der Waals surface area (Å²) in [6, 6.07) is 4.65. The molecule has 0 aliphatic carbocycles. The molecule has 0 amide bonds. The maximum atomic E-state index is 12.3. The van der Waals surface area contributed by atoms with Gasteiger partial charge in [0.25, 0.3) is 0 Å². The summed E-state index contributed by atoms with van der Waals surface area (Å²) in [7, 11) is 1.42. The Hall–Kier alpha value is -2.14. The molecular weight excluding hydrogens is 254 g/mol. The maximum absolute atomic E-state index is 12.3. The quantitative estimate of drug-likeness (QED) is 0.676. The highest BCUT2D eigenvalue weighted by Crippen LogP contribution is 2.23. The van der Waals surface area contributed by atoms with Crippen LogP contribution in [-0.2, 0) is 0 Å². The molecular formula is C12H10ClN3O2. The Labute approximate surface area is 109 Å². The van der Waals surface area contributed by atoms with E-state index in [4.69, 9.17) is 22.1 Å². The summed E-state index contributed by atoms with van der Waals surface area (Å²) >= 11 is 5.78. The van der Waals surface area contributed by atoms with E-state index in [-0.39, 0.29) is 17.4 Å². The van der Waals surface area contributed by atoms with Gasteiger partial charge in [0.15, 0.2) is 5.69 Å². The Balaban J connectivity index is 2.48. The predicted octanol–water partition coefficient (Wildman–Crippen LogP) is 1.95. The van der Waals surface area contributed by atoms with Crippen LogP contribution in [0.2, 0.25) is 5.02 Å². The molecule has 0 fully saturated rings. The highest BCUT2D eigenvalue weighted by atomic mass is 35.5. The van der Waals surface area contributed by atoms with Crippen LogP contribution in [0.5, 0.6) is 5.88 Å². The minimum Gasteiger partial charge on any atom is -0.479 e. The first-order valence-electron chi connectivity index (χ1n) is 5.08. The Morgan fingerprint density at radius 2 is 2.06 bits per heavy atom. The van der Waals surface area contributed by atoms with E-state index in [1.165, 1.54) is 25.6 Å². The van der Waals surface area contributed by atoms with Gasteiger partial charge in [-0.2, -0.15) is 0 Å². The van der Waals surface area contributed by atoms with Gasteiger partial charge in [0.05, 0.1) is 7.11 Å². The maximum Gasteiger partial charge on any atom is 0.243 e. The molecule has 0 saturated heterocycles. The van der Waals surface area contributed by atoms with Crippen molar-refractivity contribution in [1.29, 1.82) is 0 Å². The Morgan fingerprint density at radius 1 is 1.33 bits per heavy atom. The number of nitrogen functional groups attached to an aromatic ring is 1. The lowest BCUT2D eigenvalue weighted by molar-refractivity contribution is 0.103. The molecule has 18 heavy (non-hydrogen) atoms.